The second kappa shape index (κ2) is 9.94. The molecule has 180 valence electrons. The molecule has 0 radical (unpaired) electrons. The van der Waals surface area contributed by atoms with Gasteiger partial charge in [0, 0.05) is 35.2 Å². The summed E-state index contributed by atoms with van der Waals surface area (Å²) in [6.45, 7) is 0.219. The van der Waals surface area contributed by atoms with Crippen molar-refractivity contribution in [2.45, 2.75) is 62.9 Å². The fourth-order valence-corrected chi connectivity index (χ4v) is 4.97. The molecule has 1 saturated heterocycles. The number of amides is 2. The lowest BCUT2D eigenvalue weighted by Crippen LogP contribution is -2.47. The molecule has 0 spiro atoms. The molecule has 7 nitrogen and oxygen atoms in total. The van der Waals surface area contributed by atoms with Gasteiger partial charge in [-0.3, -0.25) is 9.59 Å². The van der Waals surface area contributed by atoms with Gasteiger partial charge in [-0.15, -0.1) is 0 Å². The Morgan fingerprint density at radius 3 is 2.59 bits per heavy atom. The number of hydrogen-bond acceptors (Lipinski definition) is 5. The van der Waals surface area contributed by atoms with E-state index in [1.807, 2.05) is 30.3 Å². The summed E-state index contributed by atoms with van der Waals surface area (Å²) >= 11 is 5.91. The first-order valence-corrected chi connectivity index (χ1v) is 12.2. The molecule has 3 aliphatic rings. The van der Waals surface area contributed by atoms with Crippen molar-refractivity contribution in [1.29, 1.82) is 0 Å². The van der Waals surface area contributed by atoms with Crippen molar-refractivity contribution >= 4 is 29.1 Å². The van der Waals surface area contributed by atoms with Crippen LogP contribution in [0.2, 0.25) is 5.02 Å². The zero-order valence-corrected chi connectivity index (χ0v) is 19.6. The van der Waals surface area contributed by atoms with Crippen molar-refractivity contribution in [2.24, 2.45) is 5.92 Å². The largest absolute Gasteiger partial charge is 0.487 e. The van der Waals surface area contributed by atoms with Crippen LogP contribution in [0.1, 0.15) is 49.1 Å². The van der Waals surface area contributed by atoms with Crippen LogP contribution < -0.4 is 15.4 Å². The first-order valence-electron chi connectivity index (χ1n) is 11.9. The normalized spacial score (nSPS) is 25.1. The Morgan fingerprint density at radius 2 is 1.85 bits per heavy atom. The van der Waals surface area contributed by atoms with Gasteiger partial charge < -0.3 is 25.2 Å². The summed E-state index contributed by atoms with van der Waals surface area (Å²) in [7, 11) is 0. The number of carbonyl (C=O) groups excluding carboxylic acids is 2. The van der Waals surface area contributed by atoms with Gasteiger partial charge in [-0.25, -0.2) is 0 Å². The molecular formula is C26H29ClN2O5. The summed E-state index contributed by atoms with van der Waals surface area (Å²) < 4.78 is 12.1. The lowest BCUT2D eigenvalue weighted by Gasteiger charge is -2.37. The fraction of sp³-hybridized carbons (Fsp3) is 0.462. The monoisotopic (exact) mass is 484 g/mol. The molecule has 3 N–H and O–H groups in total. The average Bonchev–Trinajstić information content (AvgIpc) is 3.56. The number of nitrogens with one attached hydrogen (secondary N) is 2. The first-order chi connectivity index (χ1) is 16.5. The number of halogens is 1. The third-order valence-corrected chi connectivity index (χ3v) is 7.02. The van der Waals surface area contributed by atoms with E-state index in [1.165, 1.54) is 0 Å². The van der Waals surface area contributed by atoms with Crippen molar-refractivity contribution in [3.63, 3.8) is 0 Å². The Bertz CT molecular complexity index is 1060. The van der Waals surface area contributed by atoms with E-state index in [4.69, 9.17) is 21.1 Å². The summed E-state index contributed by atoms with van der Waals surface area (Å²) in [5.74, 6) is 1.17. The summed E-state index contributed by atoms with van der Waals surface area (Å²) in [4.78, 5) is 24.8. The van der Waals surface area contributed by atoms with Crippen LogP contribution >= 0.6 is 11.6 Å². The number of hydrogen-bond donors (Lipinski definition) is 3. The highest BCUT2D eigenvalue weighted by atomic mass is 35.5. The van der Waals surface area contributed by atoms with E-state index in [0.29, 0.717) is 30.3 Å². The van der Waals surface area contributed by atoms with E-state index < -0.39 is 6.10 Å². The van der Waals surface area contributed by atoms with Gasteiger partial charge in [-0.1, -0.05) is 23.7 Å². The quantitative estimate of drug-likeness (QED) is 0.530. The highest BCUT2D eigenvalue weighted by Gasteiger charge is 2.46. The number of aliphatic hydroxyl groups is 1. The highest BCUT2D eigenvalue weighted by molar-refractivity contribution is 6.30. The number of carbonyl (C=O) groups is 2. The zero-order valence-electron chi connectivity index (χ0n) is 18.8. The summed E-state index contributed by atoms with van der Waals surface area (Å²) in [5, 5.41) is 16.5. The Hall–Kier alpha value is -2.61. The van der Waals surface area contributed by atoms with Gasteiger partial charge in [-0.05, 0) is 61.1 Å². The molecule has 2 amide bonds. The van der Waals surface area contributed by atoms with Crippen LogP contribution in [0, 0.1) is 5.92 Å². The molecule has 0 aromatic heterocycles. The molecule has 2 aromatic rings. The fourth-order valence-electron chi connectivity index (χ4n) is 4.84. The minimum Gasteiger partial charge on any atom is -0.487 e. The highest BCUT2D eigenvalue weighted by Crippen LogP contribution is 2.47. The van der Waals surface area contributed by atoms with E-state index in [9.17, 15) is 14.7 Å². The predicted octanol–water partition coefficient (Wildman–Crippen LogP) is 3.78. The second-order valence-electron chi connectivity index (χ2n) is 9.46. The maximum absolute atomic E-state index is 12.6. The molecular weight excluding hydrogens is 456 g/mol. The van der Waals surface area contributed by atoms with Gasteiger partial charge >= 0.3 is 0 Å². The molecule has 34 heavy (non-hydrogen) atoms. The molecule has 2 fully saturated rings. The van der Waals surface area contributed by atoms with Crippen molar-refractivity contribution in [2.75, 3.05) is 11.9 Å². The summed E-state index contributed by atoms with van der Waals surface area (Å²) in [6.07, 6.45) is 2.44. The van der Waals surface area contributed by atoms with Gasteiger partial charge in [0.25, 0.3) is 0 Å². The van der Waals surface area contributed by atoms with Gasteiger partial charge in [0.15, 0.2) is 0 Å². The maximum atomic E-state index is 12.6. The number of aliphatic hydroxyl groups excluding tert-OH is 1. The van der Waals surface area contributed by atoms with E-state index in [0.717, 1.165) is 35.4 Å². The average molecular weight is 485 g/mol. The molecule has 0 bridgehead atoms. The molecule has 2 aromatic carbocycles. The van der Waals surface area contributed by atoms with E-state index in [1.54, 1.807) is 12.1 Å². The third-order valence-electron chi connectivity index (χ3n) is 6.77. The van der Waals surface area contributed by atoms with Crippen molar-refractivity contribution < 1.29 is 24.2 Å². The Kier molecular flexibility index (Phi) is 6.77. The Balaban J connectivity index is 1.22. The third kappa shape index (κ3) is 5.37. The number of ether oxygens (including phenoxy) is 2. The molecule has 0 unspecified atom stereocenters. The van der Waals surface area contributed by atoms with Crippen LogP contribution in [0.5, 0.6) is 5.75 Å². The smallest absolute Gasteiger partial charge is 0.224 e. The molecule has 1 saturated carbocycles. The van der Waals surface area contributed by atoms with Crippen LogP contribution in [0.4, 0.5) is 5.69 Å². The van der Waals surface area contributed by atoms with Crippen LogP contribution in [0.25, 0.3) is 0 Å². The van der Waals surface area contributed by atoms with Crippen molar-refractivity contribution in [1.82, 2.24) is 5.32 Å². The second-order valence-corrected chi connectivity index (χ2v) is 9.90. The van der Waals surface area contributed by atoms with Crippen molar-refractivity contribution in [3.8, 4) is 5.75 Å². The summed E-state index contributed by atoms with van der Waals surface area (Å²) in [5.41, 5.74) is 2.70. The lowest BCUT2D eigenvalue weighted by atomic mass is 9.84. The van der Waals surface area contributed by atoms with E-state index in [-0.39, 0.29) is 43.0 Å². The van der Waals surface area contributed by atoms with Crippen LogP contribution in [-0.4, -0.2) is 41.8 Å². The van der Waals surface area contributed by atoms with Gasteiger partial charge in [0.1, 0.15) is 18.0 Å². The number of rotatable bonds is 8. The lowest BCUT2D eigenvalue weighted by molar-refractivity contribution is -0.142. The van der Waals surface area contributed by atoms with Crippen LogP contribution in [-0.2, 0) is 20.9 Å². The standard InChI is InChI=1S/C26H29ClN2O5/c27-17-5-3-16(4-6-17)13-28-24(31)12-19-11-21-20-10-18(29-25(32)9-15-1-2-15)7-8-22(20)34-26(21)23(14-30)33-19/h3-8,10,15,19,21,23,26,30H,1-2,9,11-14H2,(H,28,31)(H,29,32)/t19-,21+,23-,26-/m1/s1. The van der Waals surface area contributed by atoms with Crippen LogP contribution in [0.15, 0.2) is 42.5 Å². The van der Waals surface area contributed by atoms with Crippen molar-refractivity contribution in [3.05, 3.63) is 58.6 Å². The molecule has 2 aliphatic heterocycles. The molecule has 8 heteroatoms. The zero-order chi connectivity index (χ0) is 23.7. The van der Waals surface area contributed by atoms with E-state index in [2.05, 4.69) is 10.6 Å². The van der Waals surface area contributed by atoms with E-state index >= 15 is 0 Å². The molecule has 2 heterocycles. The topological polar surface area (TPSA) is 96.9 Å². The summed E-state index contributed by atoms with van der Waals surface area (Å²) in [6, 6.07) is 13.0. The minimum atomic E-state index is -0.520. The maximum Gasteiger partial charge on any atom is 0.224 e. The molecule has 4 atom stereocenters. The SMILES string of the molecule is O=C(C[C@H]1C[C@H]2c3cc(NC(=O)CC4CC4)ccc3O[C@H]2[C@@H](CO)O1)NCc1ccc(Cl)cc1. The molecule has 1 aliphatic carbocycles. The van der Waals surface area contributed by atoms with Gasteiger partial charge in [0.05, 0.1) is 19.1 Å². The predicted molar refractivity (Wildman–Crippen MR) is 128 cm³/mol. The first kappa shape index (κ1) is 23.1. The Morgan fingerprint density at radius 1 is 1.06 bits per heavy atom. The van der Waals surface area contributed by atoms with Gasteiger partial charge in [0.2, 0.25) is 11.8 Å². The number of benzene rings is 2. The Labute approximate surface area is 203 Å². The number of anilines is 1. The minimum absolute atomic E-state index is 0.0183. The molecule has 5 rings (SSSR count). The van der Waals surface area contributed by atoms with Crippen LogP contribution in [0.3, 0.4) is 0 Å². The van der Waals surface area contributed by atoms with Gasteiger partial charge in [-0.2, -0.15) is 0 Å². The number of fused-ring (bicyclic) bond motifs is 3.